The van der Waals surface area contributed by atoms with E-state index in [1.165, 1.54) is 13.8 Å². The molecule has 0 aliphatic heterocycles. The first-order valence-corrected chi connectivity index (χ1v) is 2.91. The SMILES string of the molecule is CC(O)C(C)C(C)(F)F. The van der Waals surface area contributed by atoms with Gasteiger partial charge in [0.2, 0.25) is 5.92 Å². The van der Waals surface area contributed by atoms with Gasteiger partial charge in [0.25, 0.3) is 0 Å². The minimum atomic E-state index is -2.77. The predicted molar refractivity (Wildman–Crippen MR) is 31.5 cm³/mol. The molecule has 0 heterocycles. The van der Waals surface area contributed by atoms with Crippen LogP contribution >= 0.6 is 0 Å². The molecule has 56 valence electrons. The normalized spacial score (nSPS) is 19.3. The third kappa shape index (κ3) is 2.75. The maximum Gasteiger partial charge on any atom is 0.250 e. The molecule has 0 fully saturated rings. The van der Waals surface area contributed by atoms with Crippen LogP contribution in [0.1, 0.15) is 20.8 Å². The summed E-state index contributed by atoms with van der Waals surface area (Å²) in [6.07, 6.45) is -0.940. The number of hydrogen-bond donors (Lipinski definition) is 1. The van der Waals surface area contributed by atoms with Crippen molar-refractivity contribution in [2.24, 2.45) is 5.92 Å². The highest BCUT2D eigenvalue weighted by Gasteiger charge is 2.33. The van der Waals surface area contributed by atoms with Crippen LogP contribution < -0.4 is 0 Å². The van der Waals surface area contributed by atoms with Crippen molar-refractivity contribution in [3.8, 4) is 0 Å². The molecule has 9 heavy (non-hydrogen) atoms. The Bertz CT molecular complexity index is 85.5. The van der Waals surface area contributed by atoms with Crippen molar-refractivity contribution in [1.82, 2.24) is 0 Å². The Morgan fingerprint density at radius 1 is 1.33 bits per heavy atom. The first kappa shape index (κ1) is 8.82. The zero-order chi connectivity index (χ0) is 7.65. The lowest BCUT2D eigenvalue weighted by atomic mass is 10.00. The van der Waals surface area contributed by atoms with Gasteiger partial charge >= 0.3 is 0 Å². The average molecular weight is 138 g/mol. The summed E-state index contributed by atoms with van der Waals surface area (Å²) < 4.78 is 24.4. The fourth-order valence-corrected chi connectivity index (χ4v) is 0.424. The summed E-state index contributed by atoms with van der Waals surface area (Å²) in [5.41, 5.74) is 0. The van der Waals surface area contributed by atoms with Crippen LogP contribution in [0.15, 0.2) is 0 Å². The topological polar surface area (TPSA) is 20.2 Å². The maximum absolute atomic E-state index is 12.2. The molecular weight excluding hydrogens is 126 g/mol. The van der Waals surface area contributed by atoms with Crippen LogP contribution in [-0.4, -0.2) is 17.1 Å². The lowest BCUT2D eigenvalue weighted by molar-refractivity contribution is -0.0760. The maximum atomic E-state index is 12.2. The van der Waals surface area contributed by atoms with Crippen LogP contribution in [0.2, 0.25) is 0 Å². The molecule has 1 nitrogen and oxygen atoms in total. The summed E-state index contributed by atoms with van der Waals surface area (Å²) in [7, 11) is 0. The van der Waals surface area contributed by atoms with Crippen molar-refractivity contribution < 1.29 is 13.9 Å². The van der Waals surface area contributed by atoms with Crippen molar-refractivity contribution >= 4 is 0 Å². The minimum Gasteiger partial charge on any atom is -0.393 e. The Balaban J connectivity index is 3.88. The molecule has 0 amide bonds. The molecule has 2 atom stereocenters. The second-order valence-corrected chi connectivity index (χ2v) is 2.49. The van der Waals surface area contributed by atoms with Crippen molar-refractivity contribution in [1.29, 1.82) is 0 Å². The highest BCUT2D eigenvalue weighted by atomic mass is 19.3. The van der Waals surface area contributed by atoms with E-state index in [1.807, 2.05) is 0 Å². The molecule has 0 saturated carbocycles. The molecule has 0 radical (unpaired) electrons. The summed E-state index contributed by atoms with van der Waals surface area (Å²) in [4.78, 5) is 0. The van der Waals surface area contributed by atoms with Gasteiger partial charge in [-0.25, -0.2) is 8.78 Å². The second kappa shape index (κ2) is 2.60. The van der Waals surface area contributed by atoms with Gasteiger partial charge in [-0.05, 0) is 13.8 Å². The zero-order valence-electron chi connectivity index (χ0n) is 5.86. The third-order valence-electron chi connectivity index (χ3n) is 1.52. The van der Waals surface area contributed by atoms with Gasteiger partial charge in [-0.3, -0.25) is 0 Å². The standard InChI is InChI=1S/C6H12F2O/c1-4(5(2)9)6(3,7)8/h4-5,9H,1-3H3. The Labute approximate surface area is 53.7 Å². The smallest absolute Gasteiger partial charge is 0.250 e. The molecule has 0 aromatic carbocycles. The van der Waals surface area contributed by atoms with E-state index in [9.17, 15) is 8.78 Å². The van der Waals surface area contributed by atoms with Gasteiger partial charge in [-0.1, -0.05) is 6.92 Å². The van der Waals surface area contributed by atoms with Gasteiger partial charge < -0.3 is 5.11 Å². The average Bonchev–Trinajstić information content (AvgIpc) is 1.62. The van der Waals surface area contributed by atoms with Crippen LogP contribution in [0.4, 0.5) is 8.78 Å². The molecule has 0 aromatic heterocycles. The van der Waals surface area contributed by atoms with E-state index in [0.29, 0.717) is 0 Å². The molecule has 2 unspecified atom stereocenters. The quantitative estimate of drug-likeness (QED) is 0.615. The summed E-state index contributed by atoms with van der Waals surface area (Å²) in [5.74, 6) is -3.73. The predicted octanol–water partition coefficient (Wildman–Crippen LogP) is 1.66. The monoisotopic (exact) mass is 138 g/mol. The summed E-state index contributed by atoms with van der Waals surface area (Å²) in [6.45, 7) is 3.50. The van der Waals surface area contributed by atoms with Gasteiger partial charge in [-0.15, -0.1) is 0 Å². The Morgan fingerprint density at radius 2 is 1.67 bits per heavy atom. The van der Waals surface area contributed by atoms with Crippen LogP contribution in [-0.2, 0) is 0 Å². The molecule has 0 saturated heterocycles. The van der Waals surface area contributed by atoms with Crippen LogP contribution in [0.5, 0.6) is 0 Å². The number of alkyl halides is 2. The Morgan fingerprint density at radius 3 is 1.67 bits per heavy atom. The largest absolute Gasteiger partial charge is 0.393 e. The lowest BCUT2D eigenvalue weighted by Crippen LogP contribution is -2.30. The first-order valence-electron chi connectivity index (χ1n) is 2.91. The van der Waals surface area contributed by atoms with Gasteiger partial charge in [0.05, 0.1) is 6.10 Å². The van der Waals surface area contributed by atoms with Crippen molar-refractivity contribution in [3.63, 3.8) is 0 Å². The van der Waals surface area contributed by atoms with E-state index < -0.39 is 17.9 Å². The summed E-state index contributed by atoms with van der Waals surface area (Å²) in [6, 6.07) is 0. The first-order chi connectivity index (χ1) is 3.85. The summed E-state index contributed by atoms with van der Waals surface area (Å²) >= 11 is 0. The minimum absolute atomic E-state index is 0.810. The molecule has 0 spiro atoms. The number of aliphatic hydroxyl groups is 1. The van der Waals surface area contributed by atoms with Gasteiger partial charge in [0.1, 0.15) is 0 Å². The van der Waals surface area contributed by atoms with Crippen molar-refractivity contribution in [3.05, 3.63) is 0 Å². The highest BCUT2D eigenvalue weighted by Crippen LogP contribution is 2.25. The number of halogens is 2. The van der Waals surface area contributed by atoms with Crippen LogP contribution in [0.3, 0.4) is 0 Å². The molecule has 0 rings (SSSR count). The number of hydrogen-bond acceptors (Lipinski definition) is 1. The van der Waals surface area contributed by atoms with Gasteiger partial charge in [-0.2, -0.15) is 0 Å². The highest BCUT2D eigenvalue weighted by molar-refractivity contribution is 4.71. The Kier molecular flexibility index (Phi) is 2.55. The molecule has 0 aliphatic carbocycles. The molecule has 1 N–H and O–H groups in total. The zero-order valence-corrected chi connectivity index (χ0v) is 5.86. The number of aliphatic hydroxyl groups excluding tert-OH is 1. The summed E-state index contributed by atoms with van der Waals surface area (Å²) in [5, 5.41) is 8.68. The molecule has 0 bridgehead atoms. The number of rotatable bonds is 2. The van der Waals surface area contributed by atoms with Crippen LogP contribution in [0.25, 0.3) is 0 Å². The van der Waals surface area contributed by atoms with Crippen molar-refractivity contribution in [2.45, 2.75) is 32.8 Å². The lowest BCUT2D eigenvalue weighted by Gasteiger charge is -2.21. The second-order valence-electron chi connectivity index (χ2n) is 2.49. The van der Waals surface area contributed by atoms with Gasteiger partial charge in [0.15, 0.2) is 0 Å². The van der Waals surface area contributed by atoms with Gasteiger partial charge in [0, 0.05) is 5.92 Å². The fraction of sp³-hybridized carbons (Fsp3) is 1.00. The van der Waals surface area contributed by atoms with E-state index in [0.717, 1.165) is 6.92 Å². The van der Waals surface area contributed by atoms with Crippen molar-refractivity contribution in [2.75, 3.05) is 0 Å². The fourth-order valence-electron chi connectivity index (χ4n) is 0.424. The van der Waals surface area contributed by atoms with Crippen LogP contribution in [0, 0.1) is 5.92 Å². The molecule has 0 aliphatic rings. The van der Waals surface area contributed by atoms with E-state index in [1.54, 1.807) is 0 Å². The molecular formula is C6H12F2O. The van der Waals surface area contributed by atoms with E-state index in [4.69, 9.17) is 5.11 Å². The van der Waals surface area contributed by atoms with E-state index >= 15 is 0 Å². The van der Waals surface area contributed by atoms with E-state index in [-0.39, 0.29) is 0 Å². The Hall–Kier alpha value is -0.180. The van der Waals surface area contributed by atoms with E-state index in [2.05, 4.69) is 0 Å². The molecule has 3 heteroatoms. The molecule has 0 aromatic rings. The third-order valence-corrected chi connectivity index (χ3v) is 1.52.